The van der Waals surface area contributed by atoms with Crippen LogP contribution in [0.3, 0.4) is 0 Å². The summed E-state index contributed by atoms with van der Waals surface area (Å²) in [4.78, 5) is 0. The van der Waals surface area contributed by atoms with Crippen LogP contribution in [0.4, 0.5) is 0 Å². The molecule has 0 saturated heterocycles. The zero-order valence-electron chi connectivity index (χ0n) is 11.7. The summed E-state index contributed by atoms with van der Waals surface area (Å²) < 4.78 is 7.84. The van der Waals surface area contributed by atoms with Gasteiger partial charge in [-0.15, -0.1) is 12.4 Å². The minimum absolute atomic E-state index is 0. The Labute approximate surface area is 148 Å². The van der Waals surface area contributed by atoms with Crippen molar-refractivity contribution in [3.63, 3.8) is 0 Å². The van der Waals surface area contributed by atoms with Crippen molar-refractivity contribution < 1.29 is 4.74 Å². The molecule has 21 heavy (non-hydrogen) atoms. The first-order valence-electron chi connectivity index (χ1n) is 6.56. The van der Waals surface area contributed by atoms with Crippen molar-refractivity contribution >= 4 is 44.3 Å². The molecule has 0 atom stereocenters. The van der Waals surface area contributed by atoms with Gasteiger partial charge in [-0.25, -0.2) is 0 Å². The third-order valence-electron chi connectivity index (χ3n) is 2.86. The third-order valence-corrected chi connectivity index (χ3v) is 4.04. The van der Waals surface area contributed by atoms with Crippen LogP contribution < -0.4 is 10.1 Å². The fourth-order valence-electron chi connectivity index (χ4n) is 1.85. The van der Waals surface area contributed by atoms with Gasteiger partial charge >= 0.3 is 0 Å². The summed E-state index contributed by atoms with van der Waals surface area (Å²) in [7, 11) is 0. The van der Waals surface area contributed by atoms with Gasteiger partial charge in [-0.1, -0.05) is 37.3 Å². The van der Waals surface area contributed by atoms with E-state index in [4.69, 9.17) is 4.74 Å². The molecule has 0 aromatic heterocycles. The molecule has 0 aliphatic heterocycles. The highest BCUT2D eigenvalue weighted by Gasteiger charge is 2.09. The Morgan fingerprint density at radius 1 is 1.00 bits per heavy atom. The number of rotatable bonds is 6. The Kier molecular flexibility index (Phi) is 8.34. The number of hydrogen-bond donors (Lipinski definition) is 1. The van der Waals surface area contributed by atoms with Crippen LogP contribution in [-0.4, -0.2) is 6.54 Å². The molecule has 0 fully saturated rings. The van der Waals surface area contributed by atoms with Crippen molar-refractivity contribution in [1.29, 1.82) is 0 Å². The maximum absolute atomic E-state index is 5.90. The van der Waals surface area contributed by atoms with E-state index >= 15 is 0 Å². The molecular weight excluding hydrogens is 417 g/mol. The fraction of sp³-hybridized carbons (Fsp3) is 0.250. The average molecular weight is 436 g/mol. The Bertz CT molecular complexity index is 540. The van der Waals surface area contributed by atoms with E-state index in [0.717, 1.165) is 33.3 Å². The molecule has 0 bridgehead atoms. The highest BCUT2D eigenvalue weighted by atomic mass is 79.9. The number of ether oxygens (including phenoxy) is 1. The maximum Gasteiger partial charge on any atom is 0.148 e. The molecular formula is C16H18Br2ClNO. The van der Waals surface area contributed by atoms with Gasteiger partial charge in [0.2, 0.25) is 0 Å². The highest BCUT2D eigenvalue weighted by molar-refractivity contribution is 9.11. The number of hydrogen-bond acceptors (Lipinski definition) is 2. The lowest BCUT2D eigenvalue weighted by Gasteiger charge is -2.12. The highest BCUT2D eigenvalue weighted by Crippen LogP contribution is 2.35. The first-order chi connectivity index (χ1) is 9.70. The summed E-state index contributed by atoms with van der Waals surface area (Å²) in [5.74, 6) is 0.842. The Balaban J connectivity index is 0.00000220. The molecule has 0 heterocycles. The average Bonchev–Trinajstić information content (AvgIpc) is 2.45. The van der Waals surface area contributed by atoms with Crippen molar-refractivity contribution in [2.75, 3.05) is 6.54 Å². The quantitative estimate of drug-likeness (QED) is 0.663. The van der Waals surface area contributed by atoms with Gasteiger partial charge in [-0.3, -0.25) is 0 Å². The van der Waals surface area contributed by atoms with Gasteiger partial charge in [0, 0.05) is 6.54 Å². The van der Waals surface area contributed by atoms with Gasteiger partial charge in [-0.05, 0) is 61.7 Å². The third kappa shape index (κ3) is 5.62. The van der Waals surface area contributed by atoms with Gasteiger partial charge < -0.3 is 10.1 Å². The summed E-state index contributed by atoms with van der Waals surface area (Å²) in [6.07, 6.45) is 0. The molecule has 2 aromatic rings. The van der Waals surface area contributed by atoms with Crippen molar-refractivity contribution in [2.24, 2.45) is 0 Å². The topological polar surface area (TPSA) is 21.3 Å². The van der Waals surface area contributed by atoms with Gasteiger partial charge in [0.05, 0.1) is 8.95 Å². The van der Waals surface area contributed by atoms with Crippen LogP contribution >= 0.6 is 44.3 Å². The molecule has 0 unspecified atom stereocenters. The van der Waals surface area contributed by atoms with E-state index in [1.807, 2.05) is 18.2 Å². The predicted octanol–water partition coefficient (Wildman–Crippen LogP) is 5.32. The fourth-order valence-corrected chi connectivity index (χ4v) is 3.36. The molecule has 0 saturated carbocycles. The van der Waals surface area contributed by atoms with E-state index in [-0.39, 0.29) is 12.4 Å². The van der Waals surface area contributed by atoms with Crippen molar-refractivity contribution in [2.45, 2.75) is 20.1 Å². The van der Waals surface area contributed by atoms with Crippen LogP contribution in [0.2, 0.25) is 0 Å². The molecule has 114 valence electrons. The lowest BCUT2D eigenvalue weighted by Crippen LogP contribution is -2.11. The largest absolute Gasteiger partial charge is 0.487 e. The van der Waals surface area contributed by atoms with E-state index in [0.29, 0.717) is 6.61 Å². The Morgan fingerprint density at radius 2 is 1.62 bits per heavy atom. The Morgan fingerprint density at radius 3 is 2.19 bits per heavy atom. The van der Waals surface area contributed by atoms with Crippen LogP contribution in [0.5, 0.6) is 5.75 Å². The van der Waals surface area contributed by atoms with Crippen LogP contribution in [0.15, 0.2) is 51.4 Å². The van der Waals surface area contributed by atoms with E-state index in [2.05, 4.69) is 68.4 Å². The molecule has 0 amide bonds. The van der Waals surface area contributed by atoms with Gasteiger partial charge in [-0.2, -0.15) is 0 Å². The number of nitrogens with one attached hydrogen (secondary N) is 1. The van der Waals surface area contributed by atoms with Crippen molar-refractivity contribution in [3.8, 4) is 5.75 Å². The van der Waals surface area contributed by atoms with Gasteiger partial charge in [0.25, 0.3) is 0 Å². The van der Waals surface area contributed by atoms with E-state index < -0.39 is 0 Å². The van der Waals surface area contributed by atoms with E-state index in [1.165, 1.54) is 5.56 Å². The lowest BCUT2D eigenvalue weighted by atomic mass is 10.2. The second kappa shape index (κ2) is 9.46. The minimum atomic E-state index is 0. The summed E-state index contributed by atoms with van der Waals surface area (Å²) in [5.41, 5.74) is 2.38. The molecule has 5 heteroatoms. The molecule has 2 rings (SSSR count). The van der Waals surface area contributed by atoms with Gasteiger partial charge in [0.15, 0.2) is 0 Å². The second-order valence-corrected chi connectivity index (χ2v) is 6.15. The number of benzene rings is 2. The molecule has 0 spiro atoms. The SMILES string of the molecule is CCNCc1cc(Br)c(OCc2ccccc2)c(Br)c1.Cl. The van der Waals surface area contributed by atoms with Gasteiger partial charge in [0.1, 0.15) is 12.4 Å². The Hall–Kier alpha value is -0.550. The monoisotopic (exact) mass is 433 g/mol. The molecule has 2 aromatic carbocycles. The lowest BCUT2D eigenvalue weighted by molar-refractivity contribution is 0.302. The summed E-state index contributed by atoms with van der Waals surface area (Å²) >= 11 is 7.16. The number of halogens is 3. The summed E-state index contributed by atoms with van der Waals surface area (Å²) in [6, 6.07) is 14.3. The normalized spacial score (nSPS) is 10.0. The molecule has 0 radical (unpaired) electrons. The standard InChI is InChI=1S/C16H17Br2NO.ClH/c1-2-19-10-13-8-14(17)16(15(18)9-13)20-11-12-6-4-3-5-7-12;/h3-9,19H,2,10-11H2,1H3;1H. The second-order valence-electron chi connectivity index (χ2n) is 4.44. The van der Waals surface area contributed by atoms with Crippen LogP contribution in [0, 0.1) is 0 Å². The van der Waals surface area contributed by atoms with Crippen LogP contribution in [-0.2, 0) is 13.2 Å². The summed E-state index contributed by atoms with van der Waals surface area (Å²) in [6.45, 7) is 4.47. The maximum atomic E-state index is 5.90. The molecule has 2 nitrogen and oxygen atoms in total. The van der Waals surface area contributed by atoms with Crippen LogP contribution in [0.25, 0.3) is 0 Å². The van der Waals surface area contributed by atoms with Crippen molar-refractivity contribution in [3.05, 3.63) is 62.5 Å². The van der Waals surface area contributed by atoms with Crippen LogP contribution in [0.1, 0.15) is 18.1 Å². The predicted molar refractivity (Wildman–Crippen MR) is 97.2 cm³/mol. The molecule has 1 N–H and O–H groups in total. The first kappa shape index (κ1) is 18.5. The molecule has 0 aliphatic carbocycles. The van der Waals surface area contributed by atoms with E-state index in [1.54, 1.807) is 0 Å². The first-order valence-corrected chi connectivity index (χ1v) is 8.14. The van der Waals surface area contributed by atoms with E-state index in [9.17, 15) is 0 Å². The smallest absolute Gasteiger partial charge is 0.148 e. The minimum Gasteiger partial charge on any atom is -0.487 e. The summed E-state index contributed by atoms with van der Waals surface area (Å²) in [5, 5.41) is 3.31. The molecule has 0 aliphatic rings. The zero-order valence-corrected chi connectivity index (χ0v) is 15.7. The zero-order chi connectivity index (χ0) is 14.4. The van der Waals surface area contributed by atoms with Crippen molar-refractivity contribution in [1.82, 2.24) is 5.32 Å².